The molecule has 0 aliphatic carbocycles. The summed E-state index contributed by atoms with van der Waals surface area (Å²) in [6.07, 6.45) is 0. The molecule has 2 amide bonds. The summed E-state index contributed by atoms with van der Waals surface area (Å²) in [6, 6.07) is 13.8. The van der Waals surface area contributed by atoms with Crippen molar-refractivity contribution in [3.63, 3.8) is 0 Å². The number of aryl methyl sites for hydroxylation is 1. The highest BCUT2D eigenvalue weighted by molar-refractivity contribution is 5.96. The van der Waals surface area contributed by atoms with E-state index in [0.717, 1.165) is 11.1 Å². The molecule has 0 aromatic heterocycles. The van der Waals surface area contributed by atoms with Crippen LogP contribution in [0.15, 0.2) is 48.5 Å². The van der Waals surface area contributed by atoms with Gasteiger partial charge in [0, 0.05) is 31.1 Å². The smallest absolute Gasteiger partial charge is 0.254 e. The van der Waals surface area contributed by atoms with Crippen molar-refractivity contribution < 1.29 is 14.0 Å². The van der Waals surface area contributed by atoms with Crippen LogP contribution in [0.5, 0.6) is 0 Å². The molecule has 1 aliphatic rings. The molecule has 0 saturated carbocycles. The lowest BCUT2D eigenvalue weighted by molar-refractivity contribution is -0.125. The van der Waals surface area contributed by atoms with Crippen LogP contribution in [0.2, 0.25) is 0 Å². The molecule has 1 fully saturated rings. The first kappa shape index (κ1) is 20.1. The third-order valence-electron chi connectivity index (χ3n) is 5.28. The number of carbonyl (C=O) groups excluding carboxylic acids is 2. The van der Waals surface area contributed by atoms with Gasteiger partial charge in [0.2, 0.25) is 5.91 Å². The lowest BCUT2D eigenvalue weighted by Gasteiger charge is -2.19. The Bertz CT molecular complexity index is 865. The molecule has 1 heterocycles. The average molecular weight is 382 g/mol. The Hall–Kier alpha value is -2.69. The first-order valence-electron chi connectivity index (χ1n) is 9.75. The van der Waals surface area contributed by atoms with Crippen molar-refractivity contribution in [2.24, 2.45) is 11.8 Å². The molecule has 3 rings (SSSR count). The van der Waals surface area contributed by atoms with Gasteiger partial charge in [-0.3, -0.25) is 9.59 Å². The van der Waals surface area contributed by atoms with Crippen LogP contribution in [0.3, 0.4) is 0 Å². The third kappa shape index (κ3) is 4.41. The van der Waals surface area contributed by atoms with E-state index in [2.05, 4.69) is 5.32 Å². The first-order valence-corrected chi connectivity index (χ1v) is 9.75. The van der Waals surface area contributed by atoms with E-state index in [1.807, 2.05) is 45.0 Å². The van der Waals surface area contributed by atoms with Gasteiger partial charge in [0.15, 0.2) is 0 Å². The van der Waals surface area contributed by atoms with Crippen molar-refractivity contribution >= 4 is 11.8 Å². The fourth-order valence-corrected chi connectivity index (χ4v) is 3.73. The van der Waals surface area contributed by atoms with Crippen molar-refractivity contribution in [3.05, 3.63) is 71.0 Å². The van der Waals surface area contributed by atoms with Crippen molar-refractivity contribution in [2.75, 3.05) is 19.6 Å². The molecule has 2 aromatic rings. The highest BCUT2D eigenvalue weighted by atomic mass is 19.1. The molecular weight excluding hydrogens is 355 g/mol. The summed E-state index contributed by atoms with van der Waals surface area (Å²) < 4.78 is 13.8. The van der Waals surface area contributed by atoms with Crippen molar-refractivity contribution in [1.82, 2.24) is 10.2 Å². The number of likely N-dealkylation sites (tertiary alicyclic amines) is 1. The number of benzene rings is 2. The molecule has 148 valence electrons. The van der Waals surface area contributed by atoms with Gasteiger partial charge in [-0.15, -0.1) is 0 Å². The number of nitrogens with one attached hydrogen (secondary N) is 1. The van der Waals surface area contributed by atoms with Crippen molar-refractivity contribution in [3.8, 4) is 0 Å². The predicted octanol–water partition coefficient (Wildman–Crippen LogP) is 3.76. The second-order valence-electron chi connectivity index (χ2n) is 7.93. The molecule has 5 heteroatoms. The van der Waals surface area contributed by atoms with Crippen LogP contribution in [0.4, 0.5) is 4.39 Å². The first-order chi connectivity index (χ1) is 13.4. The summed E-state index contributed by atoms with van der Waals surface area (Å²) in [7, 11) is 0. The summed E-state index contributed by atoms with van der Waals surface area (Å²) in [5.41, 5.74) is 2.30. The van der Waals surface area contributed by atoms with Crippen LogP contribution in [-0.2, 0) is 4.79 Å². The molecule has 2 atom stereocenters. The molecule has 0 bridgehead atoms. The fourth-order valence-electron chi connectivity index (χ4n) is 3.73. The summed E-state index contributed by atoms with van der Waals surface area (Å²) in [5.74, 6) is -0.781. The number of carbonyl (C=O) groups is 2. The van der Waals surface area contributed by atoms with Gasteiger partial charge in [-0.05, 0) is 42.2 Å². The molecule has 1 N–H and O–H groups in total. The zero-order chi connectivity index (χ0) is 20.3. The number of hydrogen-bond acceptors (Lipinski definition) is 2. The van der Waals surface area contributed by atoms with Crippen LogP contribution >= 0.6 is 0 Å². The highest BCUT2D eigenvalue weighted by Gasteiger charge is 2.40. The SMILES string of the molecule is Cc1ccccc1C(=O)N1CC(C(=O)NCC(C)C)C(c2cccc(F)c2)C1. The molecule has 2 aromatic carbocycles. The monoisotopic (exact) mass is 382 g/mol. The Morgan fingerprint density at radius 2 is 1.89 bits per heavy atom. The van der Waals surface area contributed by atoms with Gasteiger partial charge < -0.3 is 10.2 Å². The van der Waals surface area contributed by atoms with Crippen molar-refractivity contribution in [1.29, 1.82) is 0 Å². The molecule has 0 radical (unpaired) electrons. The van der Waals surface area contributed by atoms with E-state index in [9.17, 15) is 14.0 Å². The number of nitrogens with zero attached hydrogens (tertiary/aromatic N) is 1. The van der Waals surface area contributed by atoms with Crippen molar-refractivity contribution in [2.45, 2.75) is 26.7 Å². The van der Waals surface area contributed by atoms with Gasteiger partial charge in [-0.1, -0.05) is 44.2 Å². The van der Waals surface area contributed by atoms with Gasteiger partial charge >= 0.3 is 0 Å². The molecule has 28 heavy (non-hydrogen) atoms. The standard InChI is InChI=1S/C23H27FN2O2/c1-15(2)12-25-22(27)21-14-26(23(28)19-10-5-4-7-16(19)3)13-20(21)17-8-6-9-18(24)11-17/h4-11,15,20-21H,12-14H2,1-3H3,(H,25,27). The van der Waals surface area contributed by atoms with Gasteiger partial charge in [0.1, 0.15) is 5.82 Å². The second kappa shape index (κ2) is 8.55. The van der Waals surface area contributed by atoms with E-state index in [0.29, 0.717) is 31.1 Å². The quantitative estimate of drug-likeness (QED) is 0.856. The maximum absolute atomic E-state index is 13.8. The van der Waals surface area contributed by atoms with Crippen LogP contribution in [-0.4, -0.2) is 36.3 Å². The average Bonchev–Trinajstić information content (AvgIpc) is 3.11. The molecule has 4 nitrogen and oxygen atoms in total. The third-order valence-corrected chi connectivity index (χ3v) is 5.28. The normalized spacial score (nSPS) is 19.1. The van der Waals surface area contributed by atoms with Crippen LogP contribution in [0.25, 0.3) is 0 Å². The number of halogens is 1. The Balaban J connectivity index is 1.86. The van der Waals surface area contributed by atoms with E-state index in [1.54, 1.807) is 17.0 Å². The van der Waals surface area contributed by atoms with Crippen LogP contribution in [0.1, 0.15) is 41.3 Å². The largest absolute Gasteiger partial charge is 0.356 e. The van der Waals surface area contributed by atoms with Gasteiger partial charge in [0.25, 0.3) is 5.91 Å². The zero-order valence-corrected chi connectivity index (χ0v) is 16.6. The summed E-state index contributed by atoms with van der Waals surface area (Å²) in [6.45, 7) is 7.28. The second-order valence-corrected chi connectivity index (χ2v) is 7.93. The minimum atomic E-state index is -0.395. The maximum atomic E-state index is 13.8. The highest BCUT2D eigenvalue weighted by Crippen LogP contribution is 2.34. The molecule has 1 saturated heterocycles. The maximum Gasteiger partial charge on any atom is 0.254 e. The Labute approximate surface area is 165 Å². The van der Waals surface area contributed by atoms with E-state index in [-0.39, 0.29) is 23.5 Å². The van der Waals surface area contributed by atoms with Gasteiger partial charge in [0.05, 0.1) is 5.92 Å². The number of hydrogen-bond donors (Lipinski definition) is 1. The van der Waals surface area contributed by atoms with E-state index in [1.165, 1.54) is 12.1 Å². The summed E-state index contributed by atoms with van der Waals surface area (Å²) in [5, 5.41) is 2.98. The Morgan fingerprint density at radius 1 is 1.14 bits per heavy atom. The van der Waals surface area contributed by atoms with E-state index in [4.69, 9.17) is 0 Å². The molecule has 2 unspecified atom stereocenters. The topological polar surface area (TPSA) is 49.4 Å². The van der Waals surface area contributed by atoms with Crippen LogP contribution in [0, 0.1) is 24.6 Å². The number of rotatable bonds is 5. The molecule has 0 spiro atoms. The van der Waals surface area contributed by atoms with E-state index >= 15 is 0 Å². The van der Waals surface area contributed by atoms with Gasteiger partial charge in [-0.25, -0.2) is 4.39 Å². The zero-order valence-electron chi connectivity index (χ0n) is 16.6. The van der Waals surface area contributed by atoms with Crippen LogP contribution < -0.4 is 5.32 Å². The summed E-state index contributed by atoms with van der Waals surface area (Å²) >= 11 is 0. The minimum absolute atomic E-state index is 0.0805. The fraction of sp³-hybridized carbons (Fsp3) is 0.391. The van der Waals surface area contributed by atoms with Gasteiger partial charge in [-0.2, -0.15) is 0 Å². The summed E-state index contributed by atoms with van der Waals surface area (Å²) in [4.78, 5) is 27.6. The minimum Gasteiger partial charge on any atom is -0.356 e. The lowest BCUT2D eigenvalue weighted by Crippen LogP contribution is -2.37. The molecular formula is C23H27FN2O2. The number of amides is 2. The van der Waals surface area contributed by atoms with E-state index < -0.39 is 5.92 Å². The predicted molar refractivity (Wildman–Crippen MR) is 108 cm³/mol. The lowest BCUT2D eigenvalue weighted by atomic mass is 9.88. The molecule has 1 aliphatic heterocycles. The Morgan fingerprint density at radius 3 is 2.57 bits per heavy atom. The Kier molecular flexibility index (Phi) is 6.12.